The van der Waals surface area contributed by atoms with Crippen molar-refractivity contribution in [2.75, 3.05) is 6.61 Å². The molecule has 106 valence electrons. The number of hydrogen-bond acceptors (Lipinski definition) is 5. The fourth-order valence-corrected chi connectivity index (χ4v) is 1.99. The molecule has 0 aliphatic carbocycles. The van der Waals surface area contributed by atoms with Gasteiger partial charge in [-0.3, -0.25) is 4.79 Å². The maximum absolute atomic E-state index is 13.2. The van der Waals surface area contributed by atoms with E-state index in [9.17, 15) is 14.0 Å². The molecular weight excluding hydrogens is 277 g/mol. The second-order valence-corrected chi connectivity index (χ2v) is 4.33. The summed E-state index contributed by atoms with van der Waals surface area (Å²) in [5.74, 6) is -1.35. The third-order valence-electron chi connectivity index (χ3n) is 2.92. The first-order chi connectivity index (χ1) is 10.1. The number of benzene rings is 1. The van der Waals surface area contributed by atoms with Crippen LogP contribution in [0.4, 0.5) is 4.39 Å². The number of carbonyl (C=O) groups excluding carboxylic acids is 1. The van der Waals surface area contributed by atoms with Crippen molar-refractivity contribution in [3.8, 4) is 0 Å². The molecule has 2 aromatic heterocycles. The number of ether oxygens (including phenoxy) is 1. The summed E-state index contributed by atoms with van der Waals surface area (Å²) in [6.45, 7) is 1.82. The van der Waals surface area contributed by atoms with Crippen LogP contribution in [0.15, 0.2) is 29.1 Å². The third kappa shape index (κ3) is 2.33. The lowest BCUT2D eigenvalue weighted by Crippen LogP contribution is -2.18. The maximum Gasteiger partial charge on any atom is 0.374 e. The van der Waals surface area contributed by atoms with Gasteiger partial charge in [0.25, 0.3) is 5.56 Å². The van der Waals surface area contributed by atoms with Crippen LogP contribution < -0.4 is 5.56 Å². The molecule has 21 heavy (non-hydrogen) atoms. The van der Waals surface area contributed by atoms with Crippen molar-refractivity contribution in [2.24, 2.45) is 0 Å². The van der Waals surface area contributed by atoms with Crippen LogP contribution in [0.1, 0.15) is 17.5 Å². The Kier molecular flexibility index (Phi) is 3.09. The van der Waals surface area contributed by atoms with E-state index in [0.717, 1.165) is 0 Å². The quantitative estimate of drug-likeness (QED) is 0.573. The largest absolute Gasteiger partial charge is 0.460 e. The molecule has 7 heteroatoms. The van der Waals surface area contributed by atoms with E-state index in [0.29, 0.717) is 10.9 Å². The van der Waals surface area contributed by atoms with Crippen molar-refractivity contribution in [2.45, 2.75) is 6.92 Å². The van der Waals surface area contributed by atoms with Crippen LogP contribution in [0.3, 0.4) is 0 Å². The Balaban J connectivity index is 2.27. The summed E-state index contributed by atoms with van der Waals surface area (Å²) in [5, 5.41) is 0.667. The van der Waals surface area contributed by atoms with Crippen LogP contribution in [0.2, 0.25) is 0 Å². The molecule has 1 N–H and O–H groups in total. The number of pyridine rings is 1. The summed E-state index contributed by atoms with van der Waals surface area (Å²) in [4.78, 5) is 34.1. The Labute approximate surface area is 117 Å². The maximum atomic E-state index is 13.2. The minimum Gasteiger partial charge on any atom is -0.460 e. The van der Waals surface area contributed by atoms with Gasteiger partial charge < -0.3 is 9.72 Å². The molecule has 0 spiro atoms. The second kappa shape index (κ2) is 4.93. The van der Waals surface area contributed by atoms with Crippen molar-refractivity contribution in [1.29, 1.82) is 0 Å². The average molecular weight is 287 g/mol. The molecule has 0 aliphatic rings. The summed E-state index contributed by atoms with van der Waals surface area (Å²) in [6, 6.07) is 5.51. The van der Waals surface area contributed by atoms with Gasteiger partial charge in [-0.1, -0.05) is 0 Å². The van der Waals surface area contributed by atoms with Gasteiger partial charge in [-0.15, -0.1) is 0 Å². The average Bonchev–Trinajstić information content (AvgIpc) is 2.46. The van der Waals surface area contributed by atoms with E-state index in [1.165, 1.54) is 24.3 Å². The third-order valence-corrected chi connectivity index (χ3v) is 2.92. The molecule has 0 bridgehead atoms. The van der Waals surface area contributed by atoms with Gasteiger partial charge in [0.1, 0.15) is 5.82 Å². The van der Waals surface area contributed by atoms with Gasteiger partial charge in [-0.05, 0) is 31.2 Å². The van der Waals surface area contributed by atoms with Gasteiger partial charge in [-0.2, -0.15) is 0 Å². The molecule has 0 fully saturated rings. The van der Waals surface area contributed by atoms with Crippen LogP contribution in [0, 0.1) is 5.82 Å². The van der Waals surface area contributed by atoms with Gasteiger partial charge >= 0.3 is 5.97 Å². The second-order valence-electron chi connectivity index (χ2n) is 4.33. The first-order valence-corrected chi connectivity index (χ1v) is 6.26. The lowest BCUT2D eigenvalue weighted by molar-refractivity contribution is 0.0512. The number of carbonyl (C=O) groups is 1. The van der Waals surface area contributed by atoms with E-state index in [1.807, 2.05) is 0 Å². The standard InChI is InChI=1S/C14H10FN3O3/c1-2-21-14(20)12-17-11-9(13(19)18-12)6-7-5-8(15)3-4-10(7)16-11/h3-6H,2H2,1H3,(H,16,17,18,19). The fraction of sp³-hybridized carbons (Fsp3) is 0.143. The Morgan fingerprint density at radius 2 is 2.14 bits per heavy atom. The first-order valence-electron chi connectivity index (χ1n) is 6.26. The number of H-pyrrole nitrogens is 1. The Hall–Kier alpha value is -2.83. The summed E-state index contributed by atoms with van der Waals surface area (Å²) in [7, 11) is 0. The van der Waals surface area contributed by atoms with Crippen LogP contribution in [0.5, 0.6) is 0 Å². The SMILES string of the molecule is CCOC(=O)c1nc2nc3ccc(F)cc3cc2c(=O)[nH]1. The van der Waals surface area contributed by atoms with E-state index < -0.39 is 17.3 Å². The van der Waals surface area contributed by atoms with Crippen LogP contribution >= 0.6 is 0 Å². The zero-order valence-corrected chi connectivity index (χ0v) is 11.0. The van der Waals surface area contributed by atoms with Gasteiger partial charge in [0, 0.05) is 5.39 Å². The fourth-order valence-electron chi connectivity index (χ4n) is 1.99. The highest BCUT2D eigenvalue weighted by molar-refractivity contribution is 5.92. The molecule has 6 nitrogen and oxygen atoms in total. The topological polar surface area (TPSA) is 84.9 Å². The molecule has 0 saturated heterocycles. The lowest BCUT2D eigenvalue weighted by atomic mass is 10.2. The molecule has 3 rings (SSSR count). The van der Waals surface area contributed by atoms with Crippen LogP contribution in [0.25, 0.3) is 21.9 Å². The summed E-state index contributed by atoms with van der Waals surface area (Å²) in [5.41, 5.74) is 0.0689. The van der Waals surface area contributed by atoms with Crippen molar-refractivity contribution < 1.29 is 13.9 Å². The van der Waals surface area contributed by atoms with E-state index in [4.69, 9.17) is 4.74 Å². The van der Waals surface area contributed by atoms with E-state index in [1.54, 1.807) is 6.92 Å². The number of halogens is 1. The predicted molar refractivity (Wildman–Crippen MR) is 73.6 cm³/mol. The molecular formula is C14H10FN3O3. The number of esters is 1. The monoisotopic (exact) mass is 287 g/mol. The van der Waals surface area contributed by atoms with E-state index in [2.05, 4.69) is 15.0 Å². The molecule has 3 aromatic rings. The van der Waals surface area contributed by atoms with E-state index in [-0.39, 0.29) is 23.5 Å². The van der Waals surface area contributed by atoms with Gasteiger partial charge in [0.05, 0.1) is 17.5 Å². The summed E-state index contributed by atoms with van der Waals surface area (Å²) < 4.78 is 18.0. The van der Waals surface area contributed by atoms with Gasteiger partial charge in [0.2, 0.25) is 5.82 Å². The zero-order chi connectivity index (χ0) is 15.0. The molecule has 2 heterocycles. The number of fused-ring (bicyclic) bond motifs is 2. The number of rotatable bonds is 2. The number of nitrogens with zero attached hydrogens (tertiary/aromatic N) is 2. The van der Waals surface area contributed by atoms with Crippen molar-refractivity contribution in [1.82, 2.24) is 15.0 Å². The molecule has 0 radical (unpaired) electrons. The highest BCUT2D eigenvalue weighted by Crippen LogP contribution is 2.17. The minimum absolute atomic E-state index is 0.112. The summed E-state index contributed by atoms with van der Waals surface area (Å²) >= 11 is 0. The minimum atomic E-state index is -0.725. The normalized spacial score (nSPS) is 11.0. The Morgan fingerprint density at radius 3 is 2.90 bits per heavy atom. The molecule has 0 unspecified atom stereocenters. The Morgan fingerprint density at radius 1 is 1.33 bits per heavy atom. The van der Waals surface area contributed by atoms with Crippen LogP contribution in [-0.4, -0.2) is 27.5 Å². The highest BCUT2D eigenvalue weighted by atomic mass is 19.1. The molecule has 0 atom stereocenters. The summed E-state index contributed by atoms with van der Waals surface area (Å²) in [6.07, 6.45) is 0. The number of aromatic nitrogens is 3. The van der Waals surface area contributed by atoms with E-state index >= 15 is 0 Å². The molecule has 0 amide bonds. The number of aromatic amines is 1. The van der Waals surface area contributed by atoms with Crippen molar-refractivity contribution in [3.63, 3.8) is 0 Å². The predicted octanol–water partition coefficient (Wildman–Crippen LogP) is 1.79. The van der Waals surface area contributed by atoms with Gasteiger partial charge in [0.15, 0.2) is 5.65 Å². The Bertz CT molecular complexity index is 920. The first kappa shape index (κ1) is 13.2. The molecule has 0 aliphatic heterocycles. The van der Waals surface area contributed by atoms with Crippen molar-refractivity contribution in [3.05, 3.63) is 46.3 Å². The smallest absolute Gasteiger partial charge is 0.374 e. The highest BCUT2D eigenvalue weighted by Gasteiger charge is 2.13. The molecule has 1 aromatic carbocycles. The lowest BCUT2D eigenvalue weighted by Gasteiger charge is -2.04. The molecule has 0 saturated carbocycles. The van der Waals surface area contributed by atoms with Crippen molar-refractivity contribution >= 4 is 27.9 Å². The number of nitrogens with one attached hydrogen (secondary N) is 1. The van der Waals surface area contributed by atoms with Gasteiger partial charge in [-0.25, -0.2) is 19.2 Å². The number of hydrogen-bond donors (Lipinski definition) is 1. The van der Waals surface area contributed by atoms with Crippen LogP contribution in [-0.2, 0) is 4.74 Å². The zero-order valence-electron chi connectivity index (χ0n) is 11.0.